The topological polar surface area (TPSA) is 45.4 Å². The normalized spacial score (nSPS) is 15.0. The summed E-state index contributed by atoms with van der Waals surface area (Å²) in [6.45, 7) is 5.87. The smallest absolute Gasteiger partial charge is 0.196 e. The Morgan fingerprint density at radius 3 is 2.33 bits per heavy atom. The van der Waals surface area contributed by atoms with Gasteiger partial charge in [0.1, 0.15) is 16.9 Å². The first-order chi connectivity index (χ1) is 13.3. The number of hydrogen-bond donors (Lipinski definition) is 0. The molecule has 1 aliphatic rings. The van der Waals surface area contributed by atoms with Crippen LogP contribution in [0.4, 0.5) is 11.5 Å². The molecule has 27 heavy (non-hydrogen) atoms. The molecule has 0 spiro atoms. The number of aromatic nitrogens is 2. The van der Waals surface area contributed by atoms with Gasteiger partial charge in [-0.3, -0.25) is 0 Å². The maximum absolute atomic E-state index is 6.17. The molecule has 0 radical (unpaired) electrons. The summed E-state index contributed by atoms with van der Waals surface area (Å²) >= 11 is 0. The Hall–Kier alpha value is -3.08. The predicted molar refractivity (Wildman–Crippen MR) is 110 cm³/mol. The lowest BCUT2D eigenvalue weighted by molar-refractivity contribution is 0.627. The molecule has 5 rings (SSSR count). The van der Waals surface area contributed by atoms with E-state index in [1.807, 2.05) is 18.2 Å². The van der Waals surface area contributed by atoms with Crippen LogP contribution in [0.5, 0.6) is 0 Å². The van der Waals surface area contributed by atoms with E-state index in [4.69, 9.17) is 14.4 Å². The minimum atomic E-state index is 0.807. The van der Waals surface area contributed by atoms with Crippen LogP contribution >= 0.6 is 0 Å². The van der Waals surface area contributed by atoms with Crippen molar-refractivity contribution in [3.8, 4) is 0 Å². The third-order valence-electron chi connectivity index (χ3n) is 5.26. The Morgan fingerprint density at radius 2 is 1.56 bits per heavy atom. The molecule has 0 amide bonds. The number of aryl methyl sites for hydroxylation is 1. The zero-order valence-corrected chi connectivity index (χ0v) is 15.4. The molecule has 0 atom stereocenters. The van der Waals surface area contributed by atoms with Gasteiger partial charge in [0.25, 0.3) is 0 Å². The van der Waals surface area contributed by atoms with E-state index < -0.39 is 0 Å². The third kappa shape index (κ3) is 2.79. The van der Waals surface area contributed by atoms with Crippen molar-refractivity contribution >= 4 is 33.6 Å². The molecule has 1 aliphatic heterocycles. The molecule has 3 heterocycles. The standard InChI is InChI=1S/C22H22N4O/c1-2-19-23-20-17-10-6-7-11-18(17)27-21(20)22(24-19)26-14-12-25(13-15-26)16-8-4-3-5-9-16/h3-11H,2,12-15H2,1H3. The lowest BCUT2D eigenvalue weighted by Crippen LogP contribution is -2.47. The van der Waals surface area contributed by atoms with Crippen LogP contribution in [0.2, 0.25) is 0 Å². The molecule has 5 nitrogen and oxygen atoms in total. The van der Waals surface area contributed by atoms with Crippen LogP contribution < -0.4 is 9.80 Å². The Labute approximate surface area is 158 Å². The molecule has 2 aromatic heterocycles. The van der Waals surface area contributed by atoms with Crippen molar-refractivity contribution in [2.75, 3.05) is 36.0 Å². The van der Waals surface area contributed by atoms with Crippen molar-refractivity contribution in [2.24, 2.45) is 0 Å². The van der Waals surface area contributed by atoms with Crippen molar-refractivity contribution in [2.45, 2.75) is 13.3 Å². The van der Waals surface area contributed by atoms with Gasteiger partial charge in [0.05, 0.1) is 0 Å². The van der Waals surface area contributed by atoms with Crippen LogP contribution in [0.25, 0.3) is 22.1 Å². The Kier molecular flexibility index (Phi) is 3.93. The summed E-state index contributed by atoms with van der Waals surface area (Å²) < 4.78 is 6.17. The van der Waals surface area contributed by atoms with E-state index in [-0.39, 0.29) is 0 Å². The first-order valence-corrected chi connectivity index (χ1v) is 9.56. The Morgan fingerprint density at radius 1 is 0.852 bits per heavy atom. The van der Waals surface area contributed by atoms with Crippen molar-refractivity contribution < 1.29 is 4.42 Å². The zero-order valence-electron chi connectivity index (χ0n) is 15.4. The average Bonchev–Trinajstić information content (AvgIpc) is 3.12. The van der Waals surface area contributed by atoms with Gasteiger partial charge in [-0.05, 0) is 24.3 Å². The van der Waals surface area contributed by atoms with Gasteiger partial charge in [0, 0.05) is 43.7 Å². The first-order valence-electron chi connectivity index (χ1n) is 9.56. The molecule has 5 heteroatoms. The van der Waals surface area contributed by atoms with Gasteiger partial charge in [-0.2, -0.15) is 0 Å². The second kappa shape index (κ2) is 6.58. The highest BCUT2D eigenvalue weighted by atomic mass is 16.3. The fourth-order valence-corrected chi connectivity index (χ4v) is 3.81. The van der Waals surface area contributed by atoms with Crippen molar-refractivity contribution in [1.82, 2.24) is 9.97 Å². The minimum Gasteiger partial charge on any atom is -0.450 e. The molecule has 0 aliphatic carbocycles. The third-order valence-corrected chi connectivity index (χ3v) is 5.26. The second-order valence-corrected chi connectivity index (χ2v) is 6.90. The fraction of sp³-hybridized carbons (Fsp3) is 0.273. The summed E-state index contributed by atoms with van der Waals surface area (Å²) in [5, 5.41) is 1.06. The van der Waals surface area contributed by atoms with Crippen LogP contribution in [-0.4, -0.2) is 36.1 Å². The monoisotopic (exact) mass is 358 g/mol. The van der Waals surface area contributed by atoms with Gasteiger partial charge < -0.3 is 14.2 Å². The maximum atomic E-state index is 6.17. The Balaban J connectivity index is 1.51. The lowest BCUT2D eigenvalue weighted by atomic mass is 10.2. The molecule has 136 valence electrons. The summed E-state index contributed by atoms with van der Waals surface area (Å²) in [6, 6.07) is 18.7. The molecule has 2 aromatic carbocycles. The number of fused-ring (bicyclic) bond motifs is 3. The maximum Gasteiger partial charge on any atom is 0.196 e. The molecule has 0 N–H and O–H groups in total. The summed E-state index contributed by atoms with van der Waals surface area (Å²) in [5.74, 6) is 1.80. The fourth-order valence-electron chi connectivity index (χ4n) is 3.81. The highest BCUT2D eigenvalue weighted by Crippen LogP contribution is 2.33. The minimum absolute atomic E-state index is 0.807. The molecule has 0 bridgehead atoms. The van der Waals surface area contributed by atoms with E-state index in [9.17, 15) is 0 Å². The van der Waals surface area contributed by atoms with E-state index in [0.717, 1.165) is 66.3 Å². The highest BCUT2D eigenvalue weighted by molar-refractivity contribution is 6.05. The summed E-state index contributed by atoms with van der Waals surface area (Å²) in [7, 11) is 0. The molecule has 1 saturated heterocycles. The van der Waals surface area contributed by atoms with Gasteiger partial charge in [-0.1, -0.05) is 37.3 Å². The van der Waals surface area contributed by atoms with Crippen molar-refractivity contribution in [3.05, 3.63) is 60.4 Å². The van der Waals surface area contributed by atoms with Gasteiger partial charge in [-0.15, -0.1) is 0 Å². The summed E-state index contributed by atoms with van der Waals surface area (Å²) in [4.78, 5) is 14.4. The highest BCUT2D eigenvalue weighted by Gasteiger charge is 2.23. The van der Waals surface area contributed by atoms with E-state index in [2.05, 4.69) is 53.1 Å². The molecular weight excluding hydrogens is 336 g/mol. The second-order valence-electron chi connectivity index (χ2n) is 6.90. The number of benzene rings is 2. The van der Waals surface area contributed by atoms with E-state index in [0.29, 0.717) is 0 Å². The summed E-state index contributed by atoms with van der Waals surface area (Å²) in [6.07, 6.45) is 0.812. The van der Waals surface area contributed by atoms with Crippen molar-refractivity contribution in [1.29, 1.82) is 0 Å². The zero-order chi connectivity index (χ0) is 18.2. The van der Waals surface area contributed by atoms with Gasteiger partial charge >= 0.3 is 0 Å². The number of rotatable bonds is 3. The predicted octanol–water partition coefficient (Wildman–Crippen LogP) is 4.27. The number of anilines is 2. The molecule has 0 unspecified atom stereocenters. The number of furan rings is 1. The Bertz CT molecular complexity index is 1080. The average molecular weight is 358 g/mol. The van der Waals surface area contributed by atoms with E-state index in [1.54, 1.807) is 0 Å². The number of piperazine rings is 1. The van der Waals surface area contributed by atoms with Crippen LogP contribution in [0.3, 0.4) is 0 Å². The molecular formula is C22H22N4O. The van der Waals surface area contributed by atoms with Crippen molar-refractivity contribution in [3.63, 3.8) is 0 Å². The first kappa shape index (κ1) is 16.1. The van der Waals surface area contributed by atoms with Gasteiger partial charge in [0.2, 0.25) is 0 Å². The summed E-state index contributed by atoms with van der Waals surface area (Å²) in [5.41, 5.74) is 3.89. The van der Waals surface area contributed by atoms with Crippen LogP contribution in [0.15, 0.2) is 59.0 Å². The molecule has 0 saturated carbocycles. The number of nitrogens with zero attached hydrogens (tertiary/aromatic N) is 4. The van der Waals surface area contributed by atoms with Gasteiger partial charge in [0.15, 0.2) is 11.4 Å². The van der Waals surface area contributed by atoms with Crippen LogP contribution in [0.1, 0.15) is 12.7 Å². The van der Waals surface area contributed by atoms with Crippen LogP contribution in [0, 0.1) is 0 Å². The van der Waals surface area contributed by atoms with E-state index >= 15 is 0 Å². The van der Waals surface area contributed by atoms with Gasteiger partial charge in [-0.25, -0.2) is 9.97 Å². The van der Waals surface area contributed by atoms with E-state index in [1.165, 1.54) is 5.69 Å². The lowest BCUT2D eigenvalue weighted by Gasteiger charge is -2.36. The quantitative estimate of drug-likeness (QED) is 0.547. The number of hydrogen-bond acceptors (Lipinski definition) is 5. The van der Waals surface area contributed by atoms with Crippen LogP contribution in [-0.2, 0) is 6.42 Å². The number of para-hydroxylation sites is 2. The largest absolute Gasteiger partial charge is 0.450 e. The SMILES string of the molecule is CCc1nc(N2CCN(c3ccccc3)CC2)c2oc3ccccc3c2n1. The molecule has 4 aromatic rings. The molecule has 1 fully saturated rings.